The molecule has 1 unspecified atom stereocenters. The van der Waals surface area contributed by atoms with Crippen molar-refractivity contribution in [3.05, 3.63) is 18.0 Å². The monoisotopic (exact) mass is 332 g/mol. The van der Waals surface area contributed by atoms with Crippen LogP contribution < -0.4 is 4.90 Å². The summed E-state index contributed by atoms with van der Waals surface area (Å²) in [4.78, 5) is 36.3. The maximum Gasteiger partial charge on any atom is 0.303 e. The normalized spacial score (nSPS) is 21.6. The summed E-state index contributed by atoms with van der Waals surface area (Å²) in [5, 5.41) is 8.94. The van der Waals surface area contributed by atoms with Crippen LogP contribution in [0.1, 0.15) is 49.0 Å². The number of likely N-dealkylation sites (tertiary alicyclic amines) is 1. The number of hydrogen-bond acceptors (Lipinski definition) is 5. The van der Waals surface area contributed by atoms with E-state index in [1.54, 1.807) is 17.2 Å². The number of anilines is 1. The van der Waals surface area contributed by atoms with Crippen LogP contribution in [0.3, 0.4) is 0 Å². The number of aromatic nitrogens is 2. The number of aliphatic carboxylic acids is 1. The van der Waals surface area contributed by atoms with Crippen molar-refractivity contribution < 1.29 is 14.7 Å². The molecule has 0 aliphatic carbocycles. The third kappa shape index (κ3) is 4.01. The predicted molar refractivity (Wildman–Crippen MR) is 89.0 cm³/mol. The Labute approximate surface area is 141 Å². The van der Waals surface area contributed by atoms with Gasteiger partial charge in [-0.05, 0) is 44.1 Å². The van der Waals surface area contributed by atoms with Gasteiger partial charge in [0.2, 0.25) is 5.95 Å². The largest absolute Gasteiger partial charge is 0.481 e. The molecule has 0 spiro atoms. The van der Waals surface area contributed by atoms with Crippen LogP contribution in [0.15, 0.2) is 12.3 Å². The van der Waals surface area contributed by atoms with Crippen LogP contribution in [-0.4, -0.2) is 58.0 Å². The summed E-state index contributed by atoms with van der Waals surface area (Å²) in [7, 11) is 0. The van der Waals surface area contributed by atoms with E-state index < -0.39 is 5.97 Å². The van der Waals surface area contributed by atoms with Crippen LogP contribution in [0.4, 0.5) is 5.95 Å². The van der Waals surface area contributed by atoms with Gasteiger partial charge in [0.15, 0.2) is 0 Å². The Morgan fingerprint density at radius 1 is 1.12 bits per heavy atom. The minimum atomic E-state index is -0.758. The van der Waals surface area contributed by atoms with E-state index >= 15 is 0 Å². The Morgan fingerprint density at radius 2 is 1.92 bits per heavy atom. The van der Waals surface area contributed by atoms with Gasteiger partial charge in [0.1, 0.15) is 5.69 Å². The standard InChI is InChI=1S/C17H24N4O3/c22-15(23)12-13-4-3-10-20(11-6-13)16(24)14-5-7-18-17(19-14)21-8-1-2-9-21/h5,7,13H,1-4,6,8-12H2,(H,22,23). The number of carbonyl (C=O) groups excluding carboxylic acids is 1. The van der Waals surface area contributed by atoms with E-state index in [0.29, 0.717) is 24.7 Å². The van der Waals surface area contributed by atoms with Crippen LogP contribution in [0.25, 0.3) is 0 Å². The molecule has 1 atom stereocenters. The number of nitrogens with zero attached hydrogens (tertiary/aromatic N) is 4. The lowest BCUT2D eigenvalue weighted by Gasteiger charge is -2.21. The van der Waals surface area contributed by atoms with E-state index in [0.717, 1.165) is 45.2 Å². The van der Waals surface area contributed by atoms with Crippen molar-refractivity contribution in [3.63, 3.8) is 0 Å². The fraction of sp³-hybridized carbons (Fsp3) is 0.647. The topological polar surface area (TPSA) is 86.6 Å². The highest BCUT2D eigenvalue weighted by molar-refractivity contribution is 5.92. The highest BCUT2D eigenvalue weighted by Crippen LogP contribution is 2.22. The Morgan fingerprint density at radius 3 is 2.67 bits per heavy atom. The lowest BCUT2D eigenvalue weighted by Crippen LogP contribution is -2.33. The zero-order valence-corrected chi connectivity index (χ0v) is 13.9. The van der Waals surface area contributed by atoms with E-state index in [1.165, 1.54) is 0 Å². The van der Waals surface area contributed by atoms with Crippen molar-refractivity contribution in [1.82, 2.24) is 14.9 Å². The van der Waals surface area contributed by atoms with Crippen LogP contribution in [0, 0.1) is 5.92 Å². The number of hydrogen-bond donors (Lipinski definition) is 1. The molecule has 3 heterocycles. The second-order valence-corrected chi connectivity index (χ2v) is 6.62. The lowest BCUT2D eigenvalue weighted by atomic mass is 9.97. The summed E-state index contributed by atoms with van der Waals surface area (Å²) in [6, 6.07) is 1.67. The molecular formula is C17H24N4O3. The quantitative estimate of drug-likeness (QED) is 0.904. The second kappa shape index (κ2) is 7.59. The lowest BCUT2D eigenvalue weighted by molar-refractivity contribution is -0.138. The average molecular weight is 332 g/mol. The molecule has 2 saturated heterocycles. The molecule has 2 aliphatic heterocycles. The van der Waals surface area contributed by atoms with E-state index in [4.69, 9.17) is 5.11 Å². The van der Waals surface area contributed by atoms with Crippen molar-refractivity contribution in [2.24, 2.45) is 5.92 Å². The van der Waals surface area contributed by atoms with Gasteiger partial charge >= 0.3 is 5.97 Å². The molecular weight excluding hydrogens is 308 g/mol. The van der Waals surface area contributed by atoms with Crippen molar-refractivity contribution in [2.45, 2.75) is 38.5 Å². The van der Waals surface area contributed by atoms with Crippen molar-refractivity contribution in [1.29, 1.82) is 0 Å². The zero-order chi connectivity index (χ0) is 16.9. The maximum atomic E-state index is 12.7. The molecule has 0 radical (unpaired) electrons. The summed E-state index contributed by atoms with van der Waals surface area (Å²) < 4.78 is 0. The van der Waals surface area contributed by atoms with Gasteiger partial charge in [-0.3, -0.25) is 9.59 Å². The first-order valence-corrected chi connectivity index (χ1v) is 8.72. The number of carboxylic acid groups (broad SMARTS) is 1. The van der Waals surface area contributed by atoms with E-state index in [9.17, 15) is 9.59 Å². The fourth-order valence-electron chi connectivity index (χ4n) is 3.52. The fourth-order valence-corrected chi connectivity index (χ4v) is 3.52. The molecule has 2 fully saturated rings. The summed E-state index contributed by atoms with van der Waals surface area (Å²) >= 11 is 0. The summed E-state index contributed by atoms with van der Waals surface area (Å²) in [5.74, 6) is -0.0394. The van der Waals surface area contributed by atoms with Crippen LogP contribution in [0.5, 0.6) is 0 Å². The predicted octanol–water partition coefficient (Wildman–Crippen LogP) is 1.79. The van der Waals surface area contributed by atoms with Gasteiger partial charge in [-0.2, -0.15) is 0 Å². The number of rotatable bonds is 4. The Kier molecular flexibility index (Phi) is 5.27. The molecule has 0 aromatic carbocycles. The Hall–Kier alpha value is -2.18. The Balaban J connectivity index is 1.65. The number of amides is 1. The molecule has 130 valence electrons. The molecule has 0 saturated carbocycles. The van der Waals surface area contributed by atoms with Gasteiger partial charge < -0.3 is 14.9 Å². The highest BCUT2D eigenvalue weighted by Gasteiger charge is 2.24. The molecule has 7 heteroatoms. The molecule has 1 aromatic heterocycles. The Bertz CT molecular complexity index is 601. The summed E-state index contributed by atoms with van der Waals surface area (Å²) in [6.45, 7) is 3.15. The first-order chi connectivity index (χ1) is 11.6. The minimum absolute atomic E-state index is 0.0752. The first-order valence-electron chi connectivity index (χ1n) is 8.72. The van der Waals surface area contributed by atoms with Crippen molar-refractivity contribution in [3.8, 4) is 0 Å². The number of carbonyl (C=O) groups is 2. The molecule has 1 amide bonds. The molecule has 0 bridgehead atoms. The van der Waals surface area contributed by atoms with E-state index in [2.05, 4.69) is 14.9 Å². The summed E-state index contributed by atoms with van der Waals surface area (Å²) in [5.41, 5.74) is 0.434. The van der Waals surface area contributed by atoms with Crippen LogP contribution >= 0.6 is 0 Å². The third-order valence-corrected chi connectivity index (χ3v) is 4.85. The molecule has 24 heavy (non-hydrogen) atoms. The first kappa shape index (κ1) is 16.7. The molecule has 1 N–H and O–H groups in total. The third-order valence-electron chi connectivity index (χ3n) is 4.85. The van der Waals surface area contributed by atoms with E-state index in [-0.39, 0.29) is 18.2 Å². The van der Waals surface area contributed by atoms with E-state index in [1.807, 2.05) is 0 Å². The van der Waals surface area contributed by atoms with Crippen LogP contribution in [0.2, 0.25) is 0 Å². The van der Waals surface area contributed by atoms with Gasteiger partial charge in [-0.25, -0.2) is 9.97 Å². The molecule has 2 aliphatic rings. The molecule has 3 rings (SSSR count). The molecule has 7 nitrogen and oxygen atoms in total. The van der Waals surface area contributed by atoms with Gasteiger partial charge in [-0.15, -0.1) is 0 Å². The number of carboxylic acids is 1. The van der Waals surface area contributed by atoms with Gasteiger partial charge in [0.25, 0.3) is 5.91 Å². The van der Waals surface area contributed by atoms with Gasteiger partial charge in [0.05, 0.1) is 0 Å². The van der Waals surface area contributed by atoms with Crippen molar-refractivity contribution in [2.75, 3.05) is 31.1 Å². The average Bonchev–Trinajstić information content (AvgIpc) is 3.02. The maximum absolute atomic E-state index is 12.7. The van der Waals surface area contributed by atoms with Crippen molar-refractivity contribution >= 4 is 17.8 Å². The summed E-state index contributed by atoms with van der Waals surface area (Å²) in [6.07, 6.45) is 6.56. The van der Waals surface area contributed by atoms with Crippen LogP contribution in [-0.2, 0) is 4.79 Å². The van der Waals surface area contributed by atoms with Gasteiger partial charge in [0, 0.05) is 38.8 Å². The van der Waals surface area contributed by atoms with Gasteiger partial charge in [-0.1, -0.05) is 0 Å². The second-order valence-electron chi connectivity index (χ2n) is 6.62. The smallest absolute Gasteiger partial charge is 0.303 e. The highest BCUT2D eigenvalue weighted by atomic mass is 16.4. The SMILES string of the molecule is O=C(O)CC1CCCN(C(=O)c2ccnc(N3CCCC3)n2)CC1. The molecule has 1 aromatic rings. The minimum Gasteiger partial charge on any atom is -0.481 e. The zero-order valence-electron chi connectivity index (χ0n) is 13.9.